The lowest BCUT2D eigenvalue weighted by molar-refractivity contribution is -0.130. The van der Waals surface area contributed by atoms with E-state index in [0.717, 1.165) is 11.3 Å². The number of imide groups is 1. The summed E-state index contributed by atoms with van der Waals surface area (Å²) in [6.45, 7) is -1.37. The van der Waals surface area contributed by atoms with E-state index < -0.39 is 51.7 Å². The average Bonchev–Trinajstić information content (AvgIpc) is 3.44. The van der Waals surface area contributed by atoms with E-state index in [2.05, 4.69) is 20.0 Å². The Bertz CT molecular complexity index is 1680. The van der Waals surface area contributed by atoms with Crippen molar-refractivity contribution in [3.63, 3.8) is 0 Å². The number of hydrogen-bond acceptors (Lipinski definition) is 9. The number of para-hydroxylation sites is 3. The third-order valence-electron chi connectivity index (χ3n) is 6.50. The number of hydrogen-bond donors (Lipinski definition) is 1. The molecule has 0 radical (unpaired) electrons. The Morgan fingerprint density at radius 3 is 2.41 bits per heavy atom. The fraction of sp³-hybridized carbons (Fsp3) is 0.300. The first-order chi connectivity index (χ1) is 21.1. The summed E-state index contributed by atoms with van der Waals surface area (Å²) in [5.74, 6) is -5.14. The Balaban J connectivity index is 1.67. The number of alkyl halides is 2. The van der Waals surface area contributed by atoms with Crippen LogP contribution in [0.2, 0.25) is 0 Å². The molecule has 0 saturated heterocycles. The van der Waals surface area contributed by atoms with Crippen LogP contribution in [0.4, 0.5) is 8.78 Å². The average molecular weight is 629 g/mol. The van der Waals surface area contributed by atoms with Crippen LogP contribution in [0.15, 0.2) is 77.5 Å². The highest BCUT2D eigenvalue weighted by atomic mass is 32.2. The molecule has 0 bridgehead atoms. The second-order valence-electron chi connectivity index (χ2n) is 9.79. The van der Waals surface area contributed by atoms with Crippen molar-refractivity contribution in [3.8, 4) is 5.75 Å². The lowest BCUT2D eigenvalue weighted by atomic mass is 10.2. The zero-order valence-corrected chi connectivity index (χ0v) is 24.5. The highest BCUT2D eigenvalue weighted by Crippen LogP contribution is 2.24. The number of carbonyl (C=O) groups excluding carboxylic acids is 3. The van der Waals surface area contributed by atoms with Gasteiger partial charge >= 0.3 is 12.5 Å². The fourth-order valence-corrected chi connectivity index (χ4v) is 5.97. The summed E-state index contributed by atoms with van der Waals surface area (Å²) in [7, 11) is -4.28. The molecule has 1 unspecified atom stereocenters. The molecule has 0 aliphatic rings. The normalized spacial score (nSPS) is 12.2. The van der Waals surface area contributed by atoms with Crippen LogP contribution in [0.3, 0.4) is 0 Å². The molecule has 0 spiro atoms. The number of amides is 3. The van der Waals surface area contributed by atoms with Gasteiger partial charge in [0.05, 0.1) is 11.5 Å². The Hall–Kier alpha value is -4.72. The van der Waals surface area contributed by atoms with Gasteiger partial charge in [-0.05, 0) is 36.8 Å². The van der Waals surface area contributed by atoms with Gasteiger partial charge in [-0.15, -0.1) is 0 Å². The van der Waals surface area contributed by atoms with Crippen molar-refractivity contribution in [1.82, 2.24) is 20.2 Å². The number of sulfone groups is 1. The molecule has 44 heavy (non-hydrogen) atoms. The number of nitrogens with zero attached hydrogens (tertiary/aromatic N) is 3. The molecule has 4 aromatic rings. The molecule has 14 heteroatoms. The van der Waals surface area contributed by atoms with Crippen molar-refractivity contribution in [2.75, 3.05) is 12.3 Å². The molecule has 4 rings (SSSR count). The van der Waals surface area contributed by atoms with Gasteiger partial charge in [-0.25, -0.2) is 13.4 Å². The largest absolute Gasteiger partial charge is 0.435 e. The van der Waals surface area contributed by atoms with E-state index in [1.807, 2.05) is 6.92 Å². The monoisotopic (exact) mass is 628 g/mol. The maximum atomic E-state index is 14.0. The standard InChI is InChI=1S/C30H30F2N4O7S/c1-2-3-8-17-36(29(39)27-35-22-10-5-7-12-25(22)42-27)28(38)23(34-26(37)20-13-15-33-16-14-20)19-44(40,41)18-21-9-4-6-11-24(21)43-30(31)32/h4-7,9-16,23,30H,2-3,8,17-19H2,1H3,(H,34,37). The topological polar surface area (TPSA) is 149 Å². The molecule has 1 N–H and O–H groups in total. The van der Waals surface area contributed by atoms with Crippen LogP contribution in [0.1, 0.15) is 52.8 Å². The van der Waals surface area contributed by atoms with Crippen LogP contribution in [0, 0.1) is 0 Å². The maximum Gasteiger partial charge on any atom is 0.387 e. The molecule has 1 atom stereocenters. The van der Waals surface area contributed by atoms with Crippen LogP contribution in [-0.2, 0) is 20.4 Å². The number of benzene rings is 2. The number of oxazole rings is 1. The molecule has 0 fully saturated rings. The Morgan fingerprint density at radius 2 is 1.70 bits per heavy atom. The van der Waals surface area contributed by atoms with Gasteiger partial charge in [0, 0.05) is 30.1 Å². The van der Waals surface area contributed by atoms with Crippen LogP contribution in [-0.4, -0.2) is 66.0 Å². The van der Waals surface area contributed by atoms with Gasteiger partial charge in [0.15, 0.2) is 15.4 Å². The molecule has 11 nitrogen and oxygen atoms in total. The molecule has 0 aliphatic carbocycles. The molecular weight excluding hydrogens is 598 g/mol. The van der Waals surface area contributed by atoms with E-state index in [9.17, 15) is 31.6 Å². The van der Waals surface area contributed by atoms with Crippen molar-refractivity contribution in [2.24, 2.45) is 0 Å². The van der Waals surface area contributed by atoms with E-state index in [1.165, 1.54) is 48.8 Å². The number of pyridine rings is 1. The predicted molar refractivity (Wildman–Crippen MR) is 156 cm³/mol. The highest BCUT2D eigenvalue weighted by molar-refractivity contribution is 7.90. The molecule has 3 amide bonds. The summed E-state index contributed by atoms with van der Waals surface area (Å²) in [5, 5.41) is 2.43. The number of fused-ring (bicyclic) bond motifs is 1. The first-order valence-corrected chi connectivity index (χ1v) is 15.6. The summed E-state index contributed by atoms with van der Waals surface area (Å²) in [4.78, 5) is 49.5. The first kappa shape index (κ1) is 32.2. The number of carbonyl (C=O) groups is 3. The quantitative estimate of drug-likeness (QED) is 0.201. The summed E-state index contributed by atoms with van der Waals surface area (Å²) >= 11 is 0. The van der Waals surface area contributed by atoms with Crippen LogP contribution in [0.5, 0.6) is 5.75 Å². The van der Waals surface area contributed by atoms with E-state index in [1.54, 1.807) is 24.3 Å². The van der Waals surface area contributed by atoms with Gasteiger partial charge in [0.25, 0.3) is 17.7 Å². The van der Waals surface area contributed by atoms with Crippen molar-refractivity contribution < 1.29 is 40.7 Å². The van der Waals surface area contributed by atoms with Crippen LogP contribution >= 0.6 is 0 Å². The van der Waals surface area contributed by atoms with Crippen molar-refractivity contribution >= 4 is 38.7 Å². The summed E-state index contributed by atoms with van der Waals surface area (Å²) in [5.41, 5.74) is 0.716. The van der Waals surface area contributed by atoms with Gasteiger partial charge in [-0.3, -0.25) is 24.3 Å². The minimum atomic E-state index is -4.28. The predicted octanol–water partition coefficient (Wildman–Crippen LogP) is 4.40. The van der Waals surface area contributed by atoms with Gasteiger partial charge in [0.1, 0.15) is 17.3 Å². The summed E-state index contributed by atoms with van der Waals surface area (Å²) < 4.78 is 62.7. The van der Waals surface area contributed by atoms with E-state index in [-0.39, 0.29) is 29.3 Å². The summed E-state index contributed by atoms with van der Waals surface area (Å²) in [6, 6.07) is 13.0. The van der Waals surface area contributed by atoms with E-state index in [4.69, 9.17) is 4.42 Å². The molecule has 2 heterocycles. The summed E-state index contributed by atoms with van der Waals surface area (Å²) in [6.07, 6.45) is 4.49. The minimum Gasteiger partial charge on any atom is -0.435 e. The van der Waals surface area contributed by atoms with Gasteiger partial charge in [-0.1, -0.05) is 50.1 Å². The molecular formula is C30H30F2N4O7S. The van der Waals surface area contributed by atoms with Gasteiger partial charge in [-0.2, -0.15) is 8.78 Å². The number of halogens is 2. The highest BCUT2D eigenvalue weighted by Gasteiger charge is 2.36. The van der Waals surface area contributed by atoms with E-state index in [0.29, 0.717) is 23.9 Å². The number of nitrogens with one attached hydrogen (secondary N) is 1. The third kappa shape index (κ3) is 8.43. The second-order valence-corrected chi connectivity index (χ2v) is 11.9. The smallest absolute Gasteiger partial charge is 0.387 e. The number of aromatic nitrogens is 2. The minimum absolute atomic E-state index is 0.0678. The second kappa shape index (κ2) is 14.6. The van der Waals surface area contributed by atoms with Crippen LogP contribution < -0.4 is 10.1 Å². The SMILES string of the molecule is CCCCCN(C(=O)c1nc2ccccc2o1)C(=O)C(CS(=O)(=O)Cc1ccccc1OC(F)F)NC(=O)c1ccncc1. The molecule has 2 aromatic heterocycles. The lowest BCUT2D eigenvalue weighted by Crippen LogP contribution is -2.53. The lowest BCUT2D eigenvalue weighted by Gasteiger charge is -2.26. The molecule has 0 aliphatic heterocycles. The number of rotatable bonds is 14. The Morgan fingerprint density at radius 1 is 1.00 bits per heavy atom. The Kier molecular flexibility index (Phi) is 10.7. The molecule has 2 aromatic carbocycles. The van der Waals surface area contributed by atoms with Gasteiger partial charge < -0.3 is 14.5 Å². The zero-order chi connectivity index (χ0) is 31.7. The van der Waals surface area contributed by atoms with Crippen molar-refractivity contribution in [1.29, 1.82) is 0 Å². The number of unbranched alkanes of at least 4 members (excludes halogenated alkanes) is 2. The maximum absolute atomic E-state index is 14.0. The fourth-order valence-electron chi connectivity index (χ4n) is 4.40. The van der Waals surface area contributed by atoms with E-state index >= 15 is 0 Å². The zero-order valence-electron chi connectivity index (χ0n) is 23.7. The first-order valence-electron chi connectivity index (χ1n) is 13.7. The van der Waals surface area contributed by atoms with Gasteiger partial charge in [0.2, 0.25) is 0 Å². The number of ether oxygens (including phenoxy) is 1. The van der Waals surface area contributed by atoms with Crippen molar-refractivity contribution in [2.45, 2.75) is 44.6 Å². The van der Waals surface area contributed by atoms with Crippen molar-refractivity contribution in [3.05, 3.63) is 90.1 Å². The molecule has 232 valence electrons. The third-order valence-corrected chi connectivity index (χ3v) is 8.10. The Labute approximate surface area is 252 Å². The van der Waals surface area contributed by atoms with Crippen LogP contribution in [0.25, 0.3) is 11.1 Å². The molecule has 0 saturated carbocycles.